The van der Waals surface area contributed by atoms with Crippen molar-refractivity contribution >= 4 is 12.2 Å². The molecule has 3 heteroatoms. The van der Waals surface area contributed by atoms with Gasteiger partial charge in [-0.3, -0.25) is 4.79 Å². The molecule has 0 spiro atoms. The van der Waals surface area contributed by atoms with Gasteiger partial charge >= 0.3 is 0 Å². The second-order valence-electron chi connectivity index (χ2n) is 5.53. The van der Waals surface area contributed by atoms with E-state index in [1.165, 1.54) is 19.3 Å². The van der Waals surface area contributed by atoms with E-state index in [9.17, 15) is 9.59 Å². The van der Waals surface area contributed by atoms with Crippen LogP contribution < -0.4 is 5.32 Å². The Morgan fingerprint density at radius 1 is 1.00 bits per heavy atom. The number of hydrogen-bond donors (Lipinski definition) is 1. The van der Waals surface area contributed by atoms with E-state index in [0.29, 0.717) is 0 Å². The molecule has 1 amide bonds. The fraction of sp³-hybridized carbons (Fsp3) is 0.529. The molecule has 1 aliphatic heterocycles. The van der Waals surface area contributed by atoms with Crippen molar-refractivity contribution in [3.63, 3.8) is 0 Å². The molecule has 1 aliphatic rings. The van der Waals surface area contributed by atoms with Gasteiger partial charge in [0.15, 0.2) is 0 Å². The summed E-state index contributed by atoms with van der Waals surface area (Å²) in [6.45, 7) is 0. The average Bonchev–Trinajstić information content (AvgIpc) is 2.49. The van der Waals surface area contributed by atoms with E-state index in [4.69, 9.17) is 0 Å². The third-order valence-electron chi connectivity index (χ3n) is 3.95. The highest BCUT2D eigenvalue weighted by atomic mass is 16.2. The van der Waals surface area contributed by atoms with Gasteiger partial charge in [0.2, 0.25) is 0 Å². The van der Waals surface area contributed by atoms with Crippen molar-refractivity contribution in [1.82, 2.24) is 5.32 Å². The second kappa shape index (κ2) is 7.83. The van der Waals surface area contributed by atoms with Gasteiger partial charge in [-0.25, -0.2) is 0 Å². The highest BCUT2D eigenvalue weighted by molar-refractivity contribution is 5.97. The Labute approximate surface area is 120 Å². The molecular formula is C17H23NO2. The molecule has 0 aromatic heterocycles. The monoisotopic (exact) mass is 273 g/mol. The fourth-order valence-electron chi connectivity index (χ4n) is 2.77. The van der Waals surface area contributed by atoms with Crippen LogP contribution in [0.15, 0.2) is 24.3 Å². The Morgan fingerprint density at radius 2 is 1.70 bits per heavy atom. The molecule has 0 bridgehead atoms. The maximum Gasteiger partial charge on any atom is 0.252 e. The van der Waals surface area contributed by atoms with Crippen LogP contribution in [0.4, 0.5) is 0 Å². The predicted octanol–water partition coefficient (Wildman–Crippen LogP) is 3.27. The van der Waals surface area contributed by atoms with Crippen molar-refractivity contribution < 1.29 is 9.59 Å². The highest BCUT2D eigenvalue weighted by Crippen LogP contribution is 2.16. The standard InChI is InChI=1S/C17H23NO2/c19-13-15-11-6-4-2-1-3-5-9-14-10-7-8-12-16(14)17(20)18-15/h7-8,10,12-13,15H,1-6,9,11H2,(H,18,20)/t15-/m0/s1. The predicted molar refractivity (Wildman–Crippen MR) is 79.8 cm³/mol. The van der Waals surface area contributed by atoms with Crippen LogP contribution in [0.5, 0.6) is 0 Å². The zero-order valence-corrected chi connectivity index (χ0v) is 11.9. The minimum Gasteiger partial charge on any atom is -0.343 e. The minimum atomic E-state index is -0.351. The van der Waals surface area contributed by atoms with Crippen LogP contribution in [-0.4, -0.2) is 18.2 Å². The van der Waals surface area contributed by atoms with E-state index < -0.39 is 0 Å². The summed E-state index contributed by atoms with van der Waals surface area (Å²) in [6.07, 6.45) is 9.51. The number of benzene rings is 1. The molecule has 1 atom stereocenters. The van der Waals surface area contributed by atoms with Gasteiger partial charge in [0.1, 0.15) is 6.29 Å². The molecule has 0 aliphatic carbocycles. The summed E-state index contributed by atoms with van der Waals surface area (Å²) in [5, 5.41) is 2.85. The van der Waals surface area contributed by atoms with Crippen molar-refractivity contribution in [2.45, 2.75) is 57.4 Å². The molecule has 3 nitrogen and oxygen atoms in total. The van der Waals surface area contributed by atoms with E-state index in [1.54, 1.807) is 0 Å². The van der Waals surface area contributed by atoms with Crippen LogP contribution in [0.25, 0.3) is 0 Å². The minimum absolute atomic E-state index is 0.114. The lowest BCUT2D eigenvalue weighted by Gasteiger charge is -2.14. The summed E-state index contributed by atoms with van der Waals surface area (Å²) in [5.74, 6) is -0.114. The van der Waals surface area contributed by atoms with E-state index in [0.717, 1.165) is 49.5 Å². The van der Waals surface area contributed by atoms with Crippen molar-refractivity contribution in [2.24, 2.45) is 0 Å². The number of fused-ring (bicyclic) bond motifs is 1. The summed E-state index contributed by atoms with van der Waals surface area (Å²) in [7, 11) is 0. The molecule has 2 rings (SSSR count). The molecular weight excluding hydrogens is 250 g/mol. The van der Waals surface area contributed by atoms with Gasteiger partial charge in [-0.15, -0.1) is 0 Å². The van der Waals surface area contributed by atoms with Crippen molar-refractivity contribution in [3.05, 3.63) is 35.4 Å². The molecule has 0 fully saturated rings. The number of hydrogen-bond acceptors (Lipinski definition) is 2. The van der Waals surface area contributed by atoms with E-state index in [2.05, 4.69) is 5.32 Å². The third kappa shape index (κ3) is 4.19. The first kappa shape index (κ1) is 14.8. The van der Waals surface area contributed by atoms with Crippen molar-refractivity contribution in [2.75, 3.05) is 0 Å². The molecule has 20 heavy (non-hydrogen) atoms. The van der Waals surface area contributed by atoms with Crippen LogP contribution in [-0.2, 0) is 11.2 Å². The average molecular weight is 273 g/mol. The SMILES string of the molecule is O=C[C@@H]1CCCCCCCCc2ccccc2C(=O)N1. The van der Waals surface area contributed by atoms with Gasteiger partial charge in [-0.05, 0) is 30.9 Å². The third-order valence-corrected chi connectivity index (χ3v) is 3.95. The number of nitrogens with one attached hydrogen (secondary N) is 1. The topological polar surface area (TPSA) is 46.2 Å². The molecule has 1 N–H and O–H groups in total. The highest BCUT2D eigenvalue weighted by Gasteiger charge is 2.15. The first-order valence-electron chi connectivity index (χ1n) is 7.65. The maximum absolute atomic E-state index is 12.3. The Kier molecular flexibility index (Phi) is 5.78. The van der Waals surface area contributed by atoms with Crippen LogP contribution in [0.3, 0.4) is 0 Å². The van der Waals surface area contributed by atoms with Crippen LogP contribution in [0.2, 0.25) is 0 Å². The Morgan fingerprint density at radius 3 is 2.50 bits per heavy atom. The number of rotatable bonds is 1. The van der Waals surface area contributed by atoms with E-state index in [-0.39, 0.29) is 11.9 Å². The van der Waals surface area contributed by atoms with Gasteiger partial charge in [-0.2, -0.15) is 0 Å². The molecule has 1 aromatic carbocycles. The summed E-state index contributed by atoms with van der Waals surface area (Å²) >= 11 is 0. The number of aryl methyl sites for hydroxylation is 1. The lowest BCUT2D eigenvalue weighted by atomic mass is 10.00. The maximum atomic E-state index is 12.3. The first-order valence-corrected chi connectivity index (χ1v) is 7.65. The van der Waals surface area contributed by atoms with Crippen molar-refractivity contribution in [3.8, 4) is 0 Å². The van der Waals surface area contributed by atoms with Gasteiger partial charge in [0, 0.05) is 5.56 Å². The molecule has 0 saturated carbocycles. The number of amides is 1. The molecule has 1 aromatic rings. The summed E-state index contributed by atoms with van der Waals surface area (Å²) < 4.78 is 0. The largest absolute Gasteiger partial charge is 0.343 e. The molecule has 0 saturated heterocycles. The van der Waals surface area contributed by atoms with E-state index in [1.807, 2.05) is 24.3 Å². The fourth-order valence-corrected chi connectivity index (χ4v) is 2.77. The summed E-state index contributed by atoms with van der Waals surface area (Å²) in [6, 6.07) is 7.38. The quantitative estimate of drug-likeness (QED) is 0.798. The first-order chi connectivity index (χ1) is 9.81. The second-order valence-corrected chi connectivity index (χ2v) is 5.53. The normalized spacial score (nSPS) is 21.6. The lowest BCUT2D eigenvalue weighted by molar-refractivity contribution is -0.109. The molecule has 0 radical (unpaired) electrons. The lowest BCUT2D eigenvalue weighted by Crippen LogP contribution is -2.36. The van der Waals surface area contributed by atoms with Crippen LogP contribution in [0.1, 0.15) is 60.9 Å². The van der Waals surface area contributed by atoms with Gasteiger partial charge in [0.25, 0.3) is 5.91 Å². The zero-order chi connectivity index (χ0) is 14.2. The Bertz CT molecular complexity index is 456. The van der Waals surface area contributed by atoms with Gasteiger partial charge < -0.3 is 10.1 Å². The summed E-state index contributed by atoms with van der Waals surface area (Å²) in [5.41, 5.74) is 1.81. The summed E-state index contributed by atoms with van der Waals surface area (Å²) in [4.78, 5) is 23.4. The Balaban J connectivity index is 2.16. The smallest absolute Gasteiger partial charge is 0.252 e. The molecule has 108 valence electrons. The number of aldehydes is 1. The molecule has 1 heterocycles. The van der Waals surface area contributed by atoms with Crippen LogP contribution >= 0.6 is 0 Å². The number of carbonyl (C=O) groups is 2. The number of carbonyl (C=O) groups excluding carboxylic acids is 2. The van der Waals surface area contributed by atoms with Gasteiger partial charge in [0.05, 0.1) is 6.04 Å². The van der Waals surface area contributed by atoms with Crippen molar-refractivity contribution in [1.29, 1.82) is 0 Å². The Hall–Kier alpha value is -1.64. The van der Waals surface area contributed by atoms with Gasteiger partial charge in [-0.1, -0.05) is 50.3 Å². The molecule has 0 unspecified atom stereocenters. The van der Waals surface area contributed by atoms with E-state index >= 15 is 0 Å². The van der Waals surface area contributed by atoms with Crippen LogP contribution in [0, 0.1) is 0 Å². The zero-order valence-electron chi connectivity index (χ0n) is 11.9.